The van der Waals surface area contributed by atoms with Gasteiger partial charge in [0.25, 0.3) is 0 Å². The van der Waals surface area contributed by atoms with Crippen LogP contribution < -0.4 is 5.32 Å². The van der Waals surface area contributed by atoms with E-state index in [1.807, 2.05) is 12.1 Å². The van der Waals surface area contributed by atoms with Gasteiger partial charge in [0, 0.05) is 18.1 Å². The van der Waals surface area contributed by atoms with E-state index in [1.165, 1.54) is 12.1 Å². The Labute approximate surface area is 122 Å². The molecule has 1 nitrogen and oxygen atoms in total. The van der Waals surface area contributed by atoms with Gasteiger partial charge in [0.2, 0.25) is 0 Å². The van der Waals surface area contributed by atoms with Gasteiger partial charge in [-0.2, -0.15) is 0 Å². The Hall–Kier alpha value is -1.45. The fraction of sp³-hybridized carbons (Fsp3) is 0.250. The Morgan fingerprint density at radius 3 is 2.30 bits per heavy atom. The predicted octanol–water partition coefficient (Wildman–Crippen LogP) is 4.52. The van der Waals surface area contributed by atoms with E-state index < -0.39 is 0 Å². The molecule has 20 heavy (non-hydrogen) atoms. The Bertz CT molecular complexity index is 603. The monoisotopic (exact) mass is 295 g/mol. The minimum Gasteiger partial charge on any atom is -0.309 e. The first-order valence-electron chi connectivity index (χ1n) is 6.37. The van der Waals surface area contributed by atoms with Crippen LogP contribution in [-0.2, 0) is 13.1 Å². The fourth-order valence-electron chi connectivity index (χ4n) is 2.16. The third-order valence-electron chi connectivity index (χ3n) is 3.15. The first kappa shape index (κ1) is 14.9. The molecule has 4 heteroatoms. The first-order valence-corrected chi connectivity index (χ1v) is 6.75. The molecular weight excluding hydrogens is 280 g/mol. The van der Waals surface area contributed by atoms with Crippen molar-refractivity contribution in [3.8, 4) is 0 Å². The van der Waals surface area contributed by atoms with E-state index in [0.717, 1.165) is 5.56 Å². The lowest BCUT2D eigenvalue weighted by molar-refractivity contribution is 0.605. The zero-order valence-corrected chi connectivity index (χ0v) is 12.2. The molecular formula is C16H16ClF2N. The molecule has 0 fully saturated rings. The molecule has 0 heterocycles. The Morgan fingerprint density at radius 2 is 1.65 bits per heavy atom. The zero-order valence-electron chi connectivity index (χ0n) is 11.4. The van der Waals surface area contributed by atoms with Crippen LogP contribution in [0.2, 0.25) is 5.02 Å². The lowest BCUT2D eigenvalue weighted by Crippen LogP contribution is -2.13. The number of rotatable bonds is 4. The van der Waals surface area contributed by atoms with Crippen LogP contribution in [0.15, 0.2) is 30.3 Å². The molecule has 0 bridgehead atoms. The van der Waals surface area contributed by atoms with Crippen LogP contribution in [0.4, 0.5) is 8.78 Å². The van der Waals surface area contributed by atoms with Crippen LogP contribution in [0.25, 0.3) is 0 Å². The molecule has 0 spiro atoms. The van der Waals surface area contributed by atoms with Gasteiger partial charge in [-0.25, -0.2) is 8.78 Å². The zero-order chi connectivity index (χ0) is 14.7. The SMILES string of the molecule is Cc1cc(CNCc2cc(F)ccc2Cl)cc(C)c1F. The minimum atomic E-state index is -0.306. The van der Waals surface area contributed by atoms with Gasteiger partial charge in [0.1, 0.15) is 11.6 Å². The maximum atomic E-state index is 13.5. The van der Waals surface area contributed by atoms with Crippen LogP contribution in [0.1, 0.15) is 22.3 Å². The first-order chi connectivity index (χ1) is 9.47. The van der Waals surface area contributed by atoms with Crippen molar-refractivity contribution in [3.63, 3.8) is 0 Å². The average molecular weight is 296 g/mol. The summed E-state index contributed by atoms with van der Waals surface area (Å²) < 4.78 is 26.6. The van der Waals surface area contributed by atoms with E-state index in [0.29, 0.717) is 34.8 Å². The molecule has 0 unspecified atom stereocenters. The Morgan fingerprint density at radius 1 is 1.00 bits per heavy atom. The molecule has 106 valence electrons. The molecule has 1 N–H and O–H groups in total. The van der Waals surface area contributed by atoms with Crippen molar-refractivity contribution in [2.75, 3.05) is 0 Å². The average Bonchev–Trinajstić information content (AvgIpc) is 2.40. The van der Waals surface area contributed by atoms with Gasteiger partial charge in [-0.3, -0.25) is 0 Å². The summed E-state index contributed by atoms with van der Waals surface area (Å²) >= 11 is 5.99. The number of hydrogen-bond acceptors (Lipinski definition) is 1. The Kier molecular flexibility index (Phi) is 4.73. The summed E-state index contributed by atoms with van der Waals surface area (Å²) in [5.41, 5.74) is 2.97. The highest BCUT2D eigenvalue weighted by Gasteiger charge is 2.05. The summed E-state index contributed by atoms with van der Waals surface area (Å²) in [6, 6.07) is 7.90. The summed E-state index contributed by atoms with van der Waals surface area (Å²) in [5, 5.41) is 3.72. The quantitative estimate of drug-likeness (QED) is 0.874. The maximum absolute atomic E-state index is 13.5. The highest BCUT2D eigenvalue weighted by atomic mass is 35.5. The van der Waals surface area contributed by atoms with Crippen molar-refractivity contribution < 1.29 is 8.78 Å². The van der Waals surface area contributed by atoms with E-state index in [-0.39, 0.29) is 11.6 Å². The lowest BCUT2D eigenvalue weighted by Gasteiger charge is -2.09. The van der Waals surface area contributed by atoms with Crippen LogP contribution in [0.5, 0.6) is 0 Å². The normalized spacial score (nSPS) is 10.8. The molecule has 2 aromatic carbocycles. The minimum absolute atomic E-state index is 0.165. The molecule has 0 aliphatic carbocycles. The number of aryl methyl sites for hydroxylation is 2. The largest absolute Gasteiger partial charge is 0.309 e. The summed E-state index contributed by atoms with van der Waals surface area (Å²) in [5.74, 6) is -0.471. The molecule has 0 saturated carbocycles. The molecule has 0 saturated heterocycles. The standard InChI is InChI=1S/C16H16ClF2N/c1-10-5-12(6-11(2)16(10)19)8-20-9-13-7-14(18)3-4-15(13)17/h3-7,20H,8-9H2,1-2H3. The van der Waals surface area contributed by atoms with E-state index in [9.17, 15) is 8.78 Å². The van der Waals surface area contributed by atoms with Gasteiger partial charge in [-0.05, 0) is 54.3 Å². The molecule has 0 radical (unpaired) electrons. The molecule has 2 aromatic rings. The van der Waals surface area contributed by atoms with Crippen LogP contribution in [0.3, 0.4) is 0 Å². The highest BCUT2D eigenvalue weighted by Crippen LogP contribution is 2.18. The van der Waals surface area contributed by atoms with Crippen molar-refractivity contribution >= 4 is 11.6 Å². The predicted molar refractivity (Wildman–Crippen MR) is 77.8 cm³/mol. The topological polar surface area (TPSA) is 12.0 Å². The van der Waals surface area contributed by atoms with Gasteiger partial charge in [0.05, 0.1) is 0 Å². The smallest absolute Gasteiger partial charge is 0.129 e. The number of nitrogens with one attached hydrogen (secondary N) is 1. The van der Waals surface area contributed by atoms with Crippen molar-refractivity contribution in [2.45, 2.75) is 26.9 Å². The second kappa shape index (κ2) is 6.33. The molecule has 0 aliphatic rings. The van der Waals surface area contributed by atoms with Crippen LogP contribution >= 0.6 is 11.6 Å². The molecule has 0 amide bonds. The van der Waals surface area contributed by atoms with E-state index in [2.05, 4.69) is 5.32 Å². The Balaban J connectivity index is 2.01. The maximum Gasteiger partial charge on any atom is 0.129 e. The van der Waals surface area contributed by atoms with Gasteiger partial charge in [-0.15, -0.1) is 0 Å². The van der Waals surface area contributed by atoms with E-state index >= 15 is 0 Å². The van der Waals surface area contributed by atoms with Crippen molar-refractivity contribution in [1.82, 2.24) is 5.32 Å². The highest BCUT2D eigenvalue weighted by molar-refractivity contribution is 6.31. The number of benzene rings is 2. The van der Waals surface area contributed by atoms with Crippen molar-refractivity contribution in [2.24, 2.45) is 0 Å². The summed E-state index contributed by atoms with van der Waals surface area (Å²) in [4.78, 5) is 0. The molecule has 0 atom stereocenters. The van der Waals surface area contributed by atoms with Gasteiger partial charge < -0.3 is 5.32 Å². The second-order valence-electron chi connectivity index (χ2n) is 4.88. The third-order valence-corrected chi connectivity index (χ3v) is 3.52. The molecule has 0 aromatic heterocycles. The summed E-state index contributed by atoms with van der Waals surface area (Å²) in [6.45, 7) is 4.53. The van der Waals surface area contributed by atoms with Gasteiger partial charge in [-0.1, -0.05) is 23.7 Å². The fourth-order valence-corrected chi connectivity index (χ4v) is 2.34. The summed E-state index contributed by atoms with van der Waals surface area (Å²) in [6.07, 6.45) is 0. The third kappa shape index (κ3) is 3.56. The summed E-state index contributed by atoms with van der Waals surface area (Å²) in [7, 11) is 0. The number of hydrogen-bond donors (Lipinski definition) is 1. The number of halogens is 3. The van der Waals surface area contributed by atoms with Crippen LogP contribution in [0, 0.1) is 25.5 Å². The van der Waals surface area contributed by atoms with E-state index in [4.69, 9.17) is 11.6 Å². The molecule has 0 aliphatic heterocycles. The molecule has 2 rings (SSSR count). The van der Waals surface area contributed by atoms with E-state index in [1.54, 1.807) is 19.9 Å². The van der Waals surface area contributed by atoms with Crippen LogP contribution in [-0.4, -0.2) is 0 Å². The lowest BCUT2D eigenvalue weighted by atomic mass is 10.1. The second-order valence-corrected chi connectivity index (χ2v) is 5.29. The van der Waals surface area contributed by atoms with Crippen molar-refractivity contribution in [1.29, 1.82) is 0 Å². The van der Waals surface area contributed by atoms with Gasteiger partial charge >= 0.3 is 0 Å². The van der Waals surface area contributed by atoms with Gasteiger partial charge in [0.15, 0.2) is 0 Å². The van der Waals surface area contributed by atoms with Crippen molar-refractivity contribution in [3.05, 3.63) is 69.2 Å².